The maximum atomic E-state index is 11.7. The van der Waals surface area contributed by atoms with Crippen LogP contribution in [0.25, 0.3) is 0 Å². The van der Waals surface area contributed by atoms with E-state index in [0.29, 0.717) is 17.4 Å². The smallest absolute Gasteiger partial charge is 0.150 e. The van der Waals surface area contributed by atoms with Gasteiger partial charge in [-0.05, 0) is 42.9 Å². The lowest BCUT2D eigenvalue weighted by Gasteiger charge is -2.47. The van der Waals surface area contributed by atoms with E-state index in [1.54, 1.807) is 0 Å². The predicted molar refractivity (Wildman–Crippen MR) is 82.0 cm³/mol. The first kappa shape index (κ1) is 14.4. The maximum absolute atomic E-state index is 11.7. The highest BCUT2D eigenvalue weighted by molar-refractivity contribution is 7.91. The zero-order valence-electron chi connectivity index (χ0n) is 11.4. The minimum absolute atomic E-state index is 0.0988. The van der Waals surface area contributed by atoms with Gasteiger partial charge in [-0.25, -0.2) is 8.42 Å². The molecule has 110 valence electrons. The van der Waals surface area contributed by atoms with Crippen molar-refractivity contribution in [3.8, 4) is 0 Å². The molecule has 2 fully saturated rings. The molecule has 0 bridgehead atoms. The third kappa shape index (κ3) is 2.61. The number of piperidine rings is 1. The van der Waals surface area contributed by atoms with E-state index in [1.165, 1.54) is 5.56 Å². The van der Waals surface area contributed by atoms with Gasteiger partial charge in [0.05, 0.1) is 11.5 Å². The first-order chi connectivity index (χ1) is 9.53. The molecule has 0 amide bonds. The first-order valence-corrected chi connectivity index (χ1v) is 9.38. The summed E-state index contributed by atoms with van der Waals surface area (Å²) in [4.78, 5) is 0. The Morgan fingerprint density at radius 1 is 1.15 bits per heavy atom. The molecule has 1 unspecified atom stereocenters. The molecule has 2 heterocycles. The molecular formula is C15H20ClNO2S. The van der Waals surface area contributed by atoms with E-state index < -0.39 is 9.84 Å². The molecule has 3 nitrogen and oxygen atoms in total. The second kappa shape index (κ2) is 5.32. The lowest BCUT2D eigenvalue weighted by Crippen LogP contribution is -2.47. The maximum Gasteiger partial charge on any atom is 0.150 e. The summed E-state index contributed by atoms with van der Waals surface area (Å²) in [5.74, 6) is 0.975. The molecule has 20 heavy (non-hydrogen) atoms. The molecule has 0 radical (unpaired) electrons. The molecule has 0 aromatic heterocycles. The highest BCUT2D eigenvalue weighted by atomic mass is 35.5. The van der Waals surface area contributed by atoms with E-state index in [9.17, 15) is 8.42 Å². The van der Waals surface area contributed by atoms with Crippen LogP contribution in [0.4, 0.5) is 0 Å². The molecule has 2 aliphatic rings. The average Bonchev–Trinajstić information content (AvgIpc) is 2.44. The van der Waals surface area contributed by atoms with Crippen molar-refractivity contribution in [2.75, 3.05) is 24.6 Å². The topological polar surface area (TPSA) is 46.2 Å². The number of benzene rings is 1. The van der Waals surface area contributed by atoms with Crippen molar-refractivity contribution in [1.82, 2.24) is 5.32 Å². The molecule has 0 saturated carbocycles. The van der Waals surface area contributed by atoms with Crippen LogP contribution >= 0.6 is 11.6 Å². The third-order valence-corrected chi connectivity index (χ3v) is 6.99. The quantitative estimate of drug-likeness (QED) is 0.867. The molecule has 1 spiro atoms. The Morgan fingerprint density at radius 3 is 2.55 bits per heavy atom. The standard InChI is InChI=1S/C15H20ClNO2S/c16-14-4-2-1-3-12(14)13-11-17-8-5-15(13)6-9-20(18,19)10-7-15/h1-4,13,17H,5-11H2. The predicted octanol–water partition coefficient (Wildman–Crippen LogP) is 2.61. The van der Waals surface area contributed by atoms with Crippen LogP contribution in [0.1, 0.15) is 30.7 Å². The zero-order chi connectivity index (χ0) is 14.2. The van der Waals surface area contributed by atoms with Gasteiger partial charge in [-0.2, -0.15) is 0 Å². The van der Waals surface area contributed by atoms with Gasteiger partial charge in [-0.3, -0.25) is 0 Å². The normalized spacial score (nSPS) is 28.4. The molecule has 1 aromatic rings. The van der Waals surface area contributed by atoms with Gasteiger partial charge in [0.2, 0.25) is 0 Å². The van der Waals surface area contributed by atoms with Gasteiger partial charge in [0.1, 0.15) is 9.84 Å². The number of hydrogen-bond donors (Lipinski definition) is 1. The summed E-state index contributed by atoms with van der Waals surface area (Å²) in [5, 5.41) is 4.24. The first-order valence-electron chi connectivity index (χ1n) is 7.18. The molecule has 2 aliphatic heterocycles. The highest BCUT2D eigenvalue weighted by Crippen LogP contribution is 2.50. The van der Waals surface area contributed by atoms with Gasteiger partial charge < -0.3 is 5.32 Å². The summed E-state index contributed by atoms with van der Waals surface area (Å²) < 4.78 is 23.5. The molecule has 1 aromatic carbocycles. The van der Waals surface area contributed by atoms with Crippen LogP contribution < -0.4 is 5.32 Å². The van der Waals surface area contributed by atoms with Crippen LogP contribution in [0.2, 0.25) is 5.02 Å². The Labute approximate surface area is 125 Å². The fourth-order valence-electron chi connectivity index (χ4n) is 3.72. The number of nitrogens with one attached hydrogen (secondary N) is 1. The molecule has 3 rings (SSSR count). The monoisotopic (exact) mass is 313 g/mol. The summed E-state index contributed by atoms with van der Waals surface area (Å²) >= 11 is 6.37. The average molecular weight is 314 g/mol. The zero-order valence-corrected chi connectivity index (χ0v) is 13.0. The minimum Gasteiger partial charge on any atom is -0.316 e. The number of hydrogen-bond acceptors (Lipinski definition) is 3. The van der Waals surface area contributed by atoms with Crippen LogP contribution in [0.15, 0.2) is 24.3 Å². The summed E-state index contributed by atoms with van der Waals surface area (Å²) in [6, 6.07) is 7.98. The van der Waals surface area contributed by atoms with Gasteiger partial charge in [0.25, 0.3) is 0 Å². The Morgan fingerprint density at radius 2 is 1.85 bits per heavy atom. The minimum atomic E-state index is -2.83. The summed E-state index contributed by atoms with van der Waals surface area (Å²) in [7, 11) is -2.83. The van der Waals surface area contributed by atoms with Crippen molar-refractivity contribution < 1.29 is 8.42 Å². The molecule has 2 saturated heterocycles. The summed E-state index contributed by atoms with van der Waals surface area (Å²) in [6.07, 6.45) is 2.58. The van der Waals surface area contributed by atoms with E-state index in [-0.39, 0.29) is 5.41 Å². The highest BCUT2D eigenvalue weighted by Gasteiger charge is 2.45. The SMILES string of the molecule is O=S1(=O)CCC2(CCNCC2c2ccccc2Cl)CC1. The van der Waals surface area contributed by atoms with Gasteiger partial charge in [0.15, 0.2) is 0 Å². The van der Waals surface area contributed by atoms with Crippen LogP contribution in [-0.4, -0.2) is 33.0 Å². The molecule has 5 heteroatoms. The van der Waals surface area contributed by atoms with Crippen LogP contribution in [0.3, 0.4) is 0 Å². The second-order valence-electron chi connectivity index (χ2n) is 6.04. The fourth-order valence-corrected chi connectivity index (χ4v) is 5.62. The van der Waals surface area contributed by atoms with Crippen molar-refractivity contribution in [1.29, 1.82) is 0 Å². The molecule has 1 N–H and O–H groups in total. The Hall–Kier alpha value is -0.580. The third-order valence-electron chi connectivity index (χ3n) is 4.99. The number of sulfone groups is 1. The van der Waals surface area contributed by atoms with Crippen molar-refractivity contribution in [3.05, 3.63) is 34.9 Å². The Bertz CT molecular complexity index is 586. The van der Waals surface area contributed by atoms with Crippen molar-refractivity contribution in [3.63, 3.8) is 0 Å². The molecular weight excluding hydrogens is 294 g/mol. The number of rotatable bonds is 1. The van der Waals surface area contributed by atoms with Gasteiger partial charge in [-0.1, -0.05) is 29.8 Å². The Balaban J connectivity index is 1.94. The van der Waals surface area contributed by atoms with E-state index in [0.717, 1.165) is 37.4 Å². The molecule has 0 aliphatic carbocycles. The van der Waals surface area contributed by atoms with Gasteiger partial charge >= 0.3 is 0 Å². The molecule has 1 atom stereocenters. The van der Waals surface area contributed by atoms with E-state index >= 15 is 0 Å². The Kier molecular flexibility index (Phi) is 3.82. The van der Waals surface area contributed by atoms with Crippen molar-refractivity contribution >= 4 is 21.4 Å². The van der Waals surface area contributed by atoms with E-state index in [1.807, 2.05) is 18.2 Å². The van der Waals surface area contributed by atoms with Crippen molar-refractivity contribution in [2.45, 2.75) is 25.2 Å². The second-order valence-corrected chi connectivity index (χ2v) is 8.75. The van der Waals surface area contributed by atoms with Gasteiger partial charge in [-0.15, -0.1) is 0 Å². The largest absolute Gasteiger partial charge is 0.316 e. The fraction of sp³-hybridized carbons (Fsp3) is 0.600. The number of halogens is 1. The van der Waals surface area contributed by atoms with Crippen molar-refractivity contribution in [2.24, 2.45) is 5.41 Å². The van der Waals surface area contributed by atoms with E-state index in [2.05, 4.69) is 11.4 Å². The van der Waals surface area contributed by atoms with Crippen LogP contribution in [0.5, 0.6) is 0 Å². The summed E-state index contributed by atoms with van der Waals surface area (Å²) in [5.41, 5.74) is 1.27. The van der Waals surface area contributed by atoms with Crippen LogP contribution in [-0.2, 0) is 9.84 Å². The van der Waals surface area contributed by atoms with Crippen LogP contribution in [0, 0.1) is 5.41 Å². The summed E-state index contributed by atoms with van der Waals surface area (Å²) in [6.45, 7) is 1.87. The van der Waals surface area contributed by atoms with Gasteiger partial charge in [0, 0.05) is 17.5 Å². The lowest BCUT2D eigenvalue weighted by atomic mass is 9.64. The lowest BCUT2D eigenvalue weighted by molar-refractivity contribution is 0.144. The van der Waals surface area contributed by atoms with E-state index in [4.69, 9.17) is 11.6 Å².